The number of piperidine rings is 1. The molecule has 1 aromatic heterocycles. The Labute approximate surface area is 177 Å². The molecule has 1 spiro atoms. The van der Waals surface area contributed by atoms with Crippen molar-refractivity contribution in [3.05, 3.63) is 22.4 Å². The van der Waals surface area contributed by atoms with Crippen LogP contribution < -0.4 is 0 Å². The molecule has 2 aliphatic heterocycles. The molecule has 11 heteroatoms. The summed E-state index contributed by atoms with van der Waals surface area (Å²) in [6.45, 7) is 3.85. The maximum atomic E-state index is 11.6. The number of likely N-dealkylation sites (N-methyl/N-ethyl adjacent to an activating group) is 1. The maximum Gasteiger partial charge on any atom is 0.490 e. The monoisotopic (exact) mass is 452 g/mol. The van der Waals surface area contributed by atoms with Gasteiger partial charge in [0.15, 0.2) is 0 Å². The topological polar surface area (TPSA) is 79.3 Å². The van der Waals surface area contributed by atoms with Crippen molar-refractivity contribution in [2.45, 2.75) is 43.7 Å². The molecule has 1 aromatic rings. The summed E-state index contributed by atoms with van der Waals surface area (Å²) in [6.07, 6.45) is -1.89. The number of thiophene rings is 1. The Balaban J connectivity index is 0.000000396. The summed E-state index contributed by atoms with van der Waals surface area (Å²) in [5.41, 5.74) is 1.30. The van der Waals surface area contributed by atoms with Crippen LogP contribution in [-0.2, 0) is 25.6 Å². The standard InChI is InChI=1S/C17H26N2O3S.C2HF3O2/c1-18(2)16(20)11-21-15-8-17(22-10-15)5-3-6-19(13-17)9-14-4-7-23-12-14;3-2(4,5)1(6)7/h4,7,12,15H,3,5-6,8-11,13H2,1-2H3;(H,6,7)/t15-,17-;/m0./s1. The van der Waals surface area contributed by atoms with Crippen molar-refractivity contribution in [1.82, 2.24) is 9.80 Å². The van der Waals surface area contributed by atoms with Gasteiger partial charge in [-0.2, -0.15) is 24.5 Å². The van der Waals surface area contributed by atoms with Crippen LogP contribution in [0.2, 0.25) is 0 Å². The summed E-state index contributed by atoms with van der Waals surface area (Å²) in [5, 5.41) is 11.5. The minimum absolute atomic E-state index is 0.00804. The number of halogens is 3. The first-order valence-corrected chi connectivity index (χ1v) is 10.4. The van der Waals surface area contributed by atoms with Crippen LogP contribution in [0, 0.1) is 0 Å². The minimum atomic E-state index is -5.08. The van der Waals surface area contributed by atoms with Crippen LogP contribution in [0.25, 0.3) is 0 Å². The molecule has 3 rings (SSSR count). The second kappa shape index (κ2) is 10.6. The van der Waals surface area contributed by atoms with Crippen molar-refractivity contribution in [3.8, 4) is 0 Å². The zero-order valence-electron chi connectivity index (χ0n) is 17.0. The van der Waals surface area contributed by atoms with Gasteiger partial charge in [-0.15, -0.1) is 0 Å². The van der Waals surface area contributed by atoms with Gasteiger partial charge in [-0.3, -0.25) is 9.69 Å². The number of carbonyl (C=O) groups is 2. The number of rotatable bonds is 5. The van der Waals surface area contributed by atoms with E-state index in [1.807, 2.05) is 0 Å². The average Bonchev–Trinajstić information content (AvgIpc) is 3.30. The molecule has 0 aliphatic carbocycles. The van der Waals surface area contributed by atoms with Crippen molar-refractivity contribution >= 4 is 23.2 Å². The Bertz CT molecular complexity index is 699. The molecule has 2 aliphatic rings. The van der Waals surface area contributed by atoms with E-state index in [-0.39, 0.29) is 24.2 Å². The average molecular weight is 452 g/mol. The molecular formula is C19H27F3N2O5S. The fraction of sp³-hybridized carbons (Fsp3) is 0.684. The molecule has 2 saturated heterocycles. The van der Waals surface area contributed by atoms with Gasteiger partial charge >= 0.3 is 12.1 Å². The Morgan fingerprint density at radius 2 is 2.13 bits per heavy atom. The number of amides is 1. The summed E-state index contributed by atoms with van der Waals surface area (Å²) in [6, 6.07) is 2.19. The summed E-state index contributed by atoms with van der Waals surface area (Å²) in [5.74, 6) is -2.75. The quantitative estimate of drug-likeness (QED) is 0.740. The van der Waals surface area contributed by atoms with E-state index in [4.69, 9.17) is 19.4 Å². The van der Waals surface area contributed by atoms with E-state index in [2.05, 4.69) is 21.7 Å². The molecule has 170 valence electrons. The van der Waals surface area contributed by atoms with Gasteiger partial charge < -0.3 is 19.5 Å². The van der Waals surface area contributed by atoms with E-state index in [0.29, 0.717) is 6.61 Å². The molecule has 3 heterocycles. The second-order valence-corrected chi connectivity index (χ2v) is 8.45. The highest BCUT2D eigenvalue weighted by atomic mass is 32.1. The van der Waals surface area contributed by atoms with Crippen molar-refractivity contribution < 1.29 is 37.3 Å². The molecule has 0 radical (unpaired) electrons. The number of hydrogen-bond donors (Lipinski definition) is 1. The van der Waals surface area contributed by atoms with Crippen LogP contribution in [0.15, 0.2) is 16.8 Å². The van der Waals surface area contributed by atoms with Gasteiger partial charge in [-0.1, -0.05) is 0 Å². The minimum Gasteiger partial charge on any atom is -0.475 e. The number of carbonyl (C=O) groups excluding carboxylic acids is 1. The molecule has 0 unspecified atom stereocenters. The number of likely N-dealkylation sites (tertiary alicyclic amines) is 1. The van der Waals surface area contributed by atoms with Gasteiger partial charge in [-0.05, 0) is 41.8 Å². The van der Waals surface area contributed by atoms with E-state index in [9.17, 15) is 18.0 Å². The lowest BCUT2D eigenvalue weighted by Crippen LogP contribution is -2.47. The summed E-state index contributed by atoms with van der Waals surface area (Å²) >= 11 is 1.75. The first kappa shape index (κ1) is 24.6. The van der Waals surface area contributed by atoms with Crippen LogP contribution in [0.5, 0.6) is 0 Å². The zero-order chi connectivity index (χ0) is 22.4. The van der Waals surface area contributed by atoms with Crippen molar-refractivity contribution in [1.29, 1.82) is 0 Å². The normalized spacial score (nSPS) is 24.4. The predicted molar refractivity (Wildman–Crippen MR) is 104 cm³/mol. The second-order valence-electron chi connectivity index (χ2n) is 7.67. The van der Waals surface area contributed by atoms with Crippen LogP contribution in [-0.4, -0.2) is 85.1 Å². The first-order chi connectivity index (χ1) is 14.0. The lowest BCUT2D eigenvalue weighted by Gasteiger charge is -2.39. The molecule has 1 N–H and O–H groups in total. The number of ether oxygens (including phenoxy) is 2. The van der Waals surface area contributed by atoms with Gasteiger partial charge in [0.25, 0.3) is 0 Å². The fourth-order valence-corrected chi connectivity index (χ4v) is 4.14. The van der Waals surface area contributed by atoms with Crippen molar-refractivity contribution in [2.24, 2.45) is 0 Å². The highest BCUT2D eigenvalue weighted by molar-refractivity contribution is 7.07. The van der Waals surface area contributed by atoms with Gasteiger partial charge in [0.1, 0.15) is 6.61 Å². The molecule has 0 aromatic carbocycles. The van der Waals surface area contributed by atoms with Gasteiger partial charge in [0, 0.05) is 33.6 Å². The molecule has 7 nitrogen and oxygen atoms in total. The molecule has 30 heavy (non-hydrogen) atoms. The van der Waals surface area contributed by atoms with Crippen LogP contribution in [0.4, 0.5) is 13.2 Å². The van der Waals surface area contributed by atoms with Crippen molar-refractivity contribution in [2.75, 3.05) is 40.4 Å². The molecule has 0 bridgehead atoms. The largest absolute Gasteiger partial charge is 0.490 e. The number of alkyl halides is 3. The summed E-state index contributed by atoms with van der Waals surface area (Å²) < 4.78 is 43.6. The van der Waals surface area contributed by atoms with E-state index >= 15 is 0 Å². The van der Waals surface area contributed by atoms with Crippen LogP contribution >= 0.6 is 11.3 Å². The molecule has 0 saturated carbocycles. The number of nitrogens with zero attached hydrogens (tertiary/aromatic N) is 2. The Hall–Kier alpha value is -1.69. The highest BCUT2D eigenvalue weighted by Gasteiger charge is 2.44. The number of carboxylic acids is 1. The third-order valence-corrected chi connectivity index (χ3v) is 5.70. The van der Waals surface area contributed by atoms with Crippen LogP contribution in [0.3, 0.4) is 0 Å². The molecule has 2 atom stereocenters. The summed E-state index contributed by atoms with van der Waals surface area (Å²) in [7, 11) is 3.50. The SMILES string of the molecule is CN(C)C(=O)CO[C@@H]1CO[C@@]2(CCCN(Cc3ccsc3)C2)C1.O=C(O)C(F)(F)F. The van der Waals surface area contributed by atoms with E-state index in [0.717, 1.165) is 38.9 Å². The first-order valence-electron chi connectivity index (χ1n) is 9.50. The van der Waals surface area contributed by atoms with Gasteiger partial charge in [0.2, 0.25) is 5.91 Å². The maximum absolute atomic E-state index is 11.6. The Morgan fingerprint density at radius 1 is 1.43 bits per heavy atom. The van der Waals surface area contributed by atoms with Crippen LogP contribution in [0.1, 0.15) is 24.8 Å². The third kappa shape index (κ3) is 7.53. The third-order valence-electron chi connectivity index (χ3n) is 4.96. The van der Waals surface area contributed by atoms with Crippen molar-refractivity contribution in [3.63, 3.8) is 0 Å². The highest BCUT2D eigenvalue weighted by Crippen LogP contribution is 2.36. The number of hydrogen-bond acceptors (Lipinski definition) is 6. The lowest BCUT2D eigenvalue weighted by atomic mass is 9.89. The van der Waals surface area contributed by atoms with Gasteiger partial charge in [-0.25, -0.2) is 4.79 Å². The Morgan fingerprint density at radius 3 is 2.70 bits per heavy atom. The summed E-state index contributed by atoms with van der Waals surface area (Å²) in [4.78, 5) is 24.6. The fourth-order valence-electron chi connectivity index (χ4n) is 3.48. The van der Waals surface area contributed by atoms with E-state index in [1.165, 1.54) is 5.56 Å². The molecular weight excluding hydrogens is 425 g/mol. The zero-order valence-corrected chi connectivity index (χ0v) is 17.8. The Kier molecular flexibility index (Phi) is 8.65. The van der Waals surface area contributed by atoms with E-state index in [1.54, 1.807) is 30.3 Å². The predicted octanol–water partition coefficient (Wildman–Crippen LogP) is 2.61. The van der Waals surface area contributed by atoms with E-state index < -0.39 is 12.1 Å². The molecule has 2 fully saturated rings. The molecule has 1 amide bonds. The smallest absolute Gasteiger partial charge is 0.475 e. The van der Waals surface area contributed by atoms with Gasteiger partial charge in [0.05, 0.1) is 18.3 Å². The number of carboxylic acid groups (broad SMARTS) is 1. The number of aliphatic carboxylic acids is 1. The lowest BCUT2D eigenvalue weighted by molar-refractivity contribution is -0.192.